The van der Waals surface area contributed by atoms with E-state index in [-0.39, 0.29) is 23.7 Å². The molecule has 0 aromatic carbocycles. The smallest absolute Gasteiger partial charge is 0.237 e. The van der Waals surface area contributed by atoms with Crippen LogP contribution in [-0.4, -0.2) is 18.0 Å². The highest BCUT2D eigenvalue weighted by Gasteiger charge is 2.30. The van der Waals surface area contributed by atoms with Crippen molar-refractivity contribution in [3.8, 4) is 0 Å². The second-order valence-corrected chi connectivity index (χ2v) is 7.21. The SMILES string of the molecule is CC(C)C1CCC(NC(=O)[C@@H](N)C(C)(C)C)CC1.Cl. The van der Waals surface area contributed by atoms with Gasteiger partial charge in [0.15, 0.2) is 0 Å². The Labute approximate surface area is 124 Å². The number of rotatable bonds is 3. The summed E-state index contributed by atoms with van der Waals surface area (Å²) >= 11 is 0. The molecular weight excluding hydrogens is 260 g/mol. The summed E-state index contributed by atoms with van der Waals surface area (Å²) in [6.07, 6.45) is 4.66. The number of hydrogen-bond donors (Lipinski definition) is 2. The van der Waals surface area contributed by atoms with Gasteiger partial charge in [-0.1, -0.05) is 34.6 Å². The van der Waals surface area contributed by atoms with E-state index >= 15 is 0 Å². The van der Waals surface area contributed by atoms with Crippen molar-refractivity contribution in [1.29, 1.82) is 0 Å². The van der Waals surface area contributed by atoms with Gasteiger partial charge in [-0.05, 0) is 42.9 Å². The van der Waals surface area contributed by atoms with Crippen molar-refractivity contribution in [1.82, 2.24) is 5.32 Å². The Bertz CT molecular complexity index is 278. The van der Waals surface area contributed by atoms with Crippen LogP contribution in [0.3, 0.4) is 0 Å². The van der Waals surface area contributed by atoms with Crippen LogP contribution < -0.4 is 11.1 Å². The van der Waals surface area contributed by atoms with Crippen LogP contribution in [0.25, 0.3) is 0 Å². The van der Waals surface area contributed by atoms with Gasteiger partial charge in [0.1, 0.15) is 0 Å². The normalized spacial score (nSPS) is 25.6. The zero-order valence-corrected chi connectivity index (χ0v) is 13.8. The quantitative estimate of drug-likeness (QED) is 0.839. The van der Waals surface area contributed by atoms with Gasteiger partial charge in [0.05, 0.1) is 6.04 Å². The molecule has 1 saturated carbocycles. The lowest BCUT2D eigenvalue weighted by atomic mass is 9.79. The number of hydrogen-bond acceptors (Lipinski definition) is 2. The molecule has 0 bridgehead atoms. The van der Waals surface area contributed by atoms with E-state index < -0.39 is 6.04 Å². The molecule has 3 N–H and O–H groups in total. The molecule has 1 amide bonds. The second-order valence-electron chi connectivity index (χ2n) is 7.21. The van der Waals surface area contributed by atoms with Crippen LogP contribution in [0.5, 0.6) is 0 Å². The zero-order chi connectivity index (χ0) is 13.9. The van der Waals surface area contributed by atoms with Crippen LogP contribution in [0.4, 0.5) is 0 Å². The standard InChI is InChI=1S/C15H30N2O.ClH/c1-10(2)11-6-8-12(9-7-11)17-14(18)13(16)15(3,4)5;/h10-13H,6-9,16H2,1-5H3,(H,17,18);1H/t11?,12?,13-;/m1./s1. The maximum atomic E-state index is 12.0. The average molecular weight is 291 g/mol. The molecule has 0 aliphatic heterocycles. The molecule has 1 fully saturated rings. The molecule has 4 heteroatoms. The van der Waals surface area contributed by atoms with Crippen LogP contribution in [-0.2, 0) is 4.79 Å². The Hall–Kier alpha value is -0.280. The fourth-order valence-electron chi connectivity index (χ4n) is 2.61. The molecule has 1 rings (SSSR count). The molecule has 0 spiro atoms. The molecule has 1 aliphatic carbocycles. The topological polar surface area (TPSA) is 55.1 Å². The van der Waals surface area contributed by atoms with Gasteiger partial charge in [0.2, 0.25) is 5.91 Å². The van der Waals surface area contributed by atoms with E-state index in [9.17, 15) is 4.79 Å². The van der Waals surface area contributed by atoms with E-state index in [4.69, 9.17) is 5.73 Å². The highest BCUT2D eigenvalue weighted by molar-refractivity contribution is 5.85. The molecule has 0 aromatic heterocycles. The predicted octanol–water partition coefficient (Wildman–Crippen LogP) is 3.11. The first-order chi connectivity index (χ1) is 8.21. The first-order valence-electron chi connectivity index (χ1n) is 7.27. The van der Waals surface area contributed by atoms with Gasteiger partial charge in [0, 0.05) is 6.04 Å². The Morgan fingerprint density at radius 2 is 1.63 bits per heavy atom. The van der Waals surface area contributed by atoms with Gasteiger partial charge in [-0.2, -0.15) is 0 Å². The van der Waals surface area contributed by atoms with E-state index in [2.05, 4.69) is 19.2 Å². The largest absolute Gasteiger partial charge is 0.352 e. The molecule has 0 saturated heterocycles. The van der Waals surface area contributed by atoms with Crippen molar-refractivity contribution >= 4 is 18.3 Å². The second kappa shape index (κ2) is 7.49. The van der Waals surface area contributed by atoms with Crippen LogP contribution in [0.15, 0.2) is 0 Å². The third kappa shape index (κ3) is 5.70. The summed E-state index contributed by atoms with van der Waals surface area (Å²) < 4.78 is 0. The minimum Gasteiger partial charge on any atom is -0.352 e. The summed E-state index contributed by atoms with van der Waals surface area (Å²) in [7, 11) is 0. The first kappa shape index (κ1) is 18.7. The van der Waals surface area contributed by atoms with Crippen molar-refractivity contribution < 1.29 is 4.79 Å². The molecular formula is C15H31ClN2O. The maximum absolute atomic E-state index is 12.0. The monoisotopic (exact) mass is 290 g/mol. The zero-order valence-electron chi connectivity index (χ0n) is 13.0. The number of halogens is 1. The number of amides is 1. The Morgan fingerprint density at radius 3 is 2.00 bits per heavy atom. The molecule has 114 valence electrons. The summed E-state index contributed by atoms with van der Waals surface area (Å²) in [5, 5.41) is 3.12. The van der Waals surface area contributed by atoms with Gasteiger partial charge in [0.25, 0.3) is 0 Å². The van der Waals surface area contributed by atoms with Crippen LogP contribution in [0.1, 0.15) is 60.3 Å². The maximum Gasteiger partial charge on any atom is 0.237 e. The van der Waals surface area contributed by atoms with Crippen molar-refractivity contribution in [2.24, 2.45) is 23.0 Å². The van der Waals surface area contributed by atoms with Gasteiger partial charge in [-0.25, -0.2) is 0 Å². The minimum absolute atomic E-state index is 0. The predicted molar refractivity (Wildman–Crippen MR) is 83.4 cm³/mol. The molecule has 1 atom stereocenters. The highest BCUT2D eigenvalue weighted by Crippen LogP contribution is 2.30. The van der Waals surface area contributed by atoms with E-state index in [0.29, 0.717) is 6.04 Å². The molecule has 0 radical (unpaired) electrons. The summed E-state index contributed by atoms with van der Waals surface area (Å²) in [5.41, 5.74) is 5.81. The molecule has 3 nitrogen and oxygen atoms in total. The molecule has 0 unspecified atom stereocenters. The van der Waals surface area contributed by atoms with Crippen molar-refractivity contribution in [3.63, 3.8) is 0 Å². The van der Waals surface area contributed by atoms with Gasteiger partial charge < -0.3 is 11.1 Å². The average Bonchev–Trinajstić information content (AvgIpc) is 2.27. The third-order valence-corrected chi connectivity index (χ3v) is 4.28. The number of nitrogens with two attached hydrogens (primary N) is 1. The van der Waals surface area contributed by atoms with Gasteiger partial charge >= 0.3 is 0 Å². The summed E-state index contributed by atoms with van der Waals surface area (Å²) in [6.45, 7) is 10.6. The van der Waals surface area contributed by atoms with E-state index in [1.165, 1.54) is 12.8 Å². The molecule has 0 aromatic rings. The molecule has 0 heterocycles. The fourth-order valence-corrected chi connectivity index (χ4v) is 2.61. The lowest BCUT2D eigenvalue weighted by Gasteiger charge is -2.33. The van der Waals surface area contributed by atoms with E-state index in [1.807, 2.05) is 20.8 Å². The van der Waals surface area contributed by atoms with Gasteiger partial charge in [-0.15, -0.1) is 12.4 Å². The van der Waals surface area contributed by atoms with Crippen molar-refractivity contribution in [2.75, 3.05) is 0 Å². The summed E-state index contributed by atoms with van der Waals surface area (Å²) in [6, 6.07) is -0.0822. The molecule has 1 aliphatic rings. The Balaban J connectivity index is 0.00000324. The van der Waals surface area contributed by atoms with E-state index in [0.717, 1.165) is 24.7 Å². The van der Waals surface area contributed by atoms with Crippen molar-refractivity contribution in [2.45, 2.75) is 72.4 Å². The lowest BCUT2D eigenvalue weighted by Crippen LogP contribution is -2.52. The van der Waals surface area contributed by atoms with Crippen LogP contribution >= 0.6 is 12.4 Å². The minimum atomic E-state index is -0.416. The summed E-state index contributed by atoms with van der Waals surface area (Å²) in [5.74, 6) is 1.60. The number of nitrogens with one attached hydrogen (secondary N) is 1. The lowest BCUT2D eigenvalue weighted by molar-refractivity contribution is -0.125. The van der Waals surface area contributed by atoms with Gasteiger partial charge in [-0.3, -0.25) is 4.79 Å². The van der Waals surface area contributed by atoms with Crippen LogP contribution in [0, 0.1) is 17.3 Å². The fraction of sp³-hybridized carbons (Fsp3) is 0.933. The Morgan fingerprint density at radius 1 is 1.16 bits per heavy atom. The highest BCUT2D eigenvalue weighted by atomic mass is 35.5. The number of carbonyl (C=O) groups excluding carboxylic acids is 1. The van der Waals surface area contributed by atoms with Crippen LogP contribution in [0.2, 0.25) is 0 Å². The van der Waals surface area contributed by atoms with Crippen molar-refractivity contribution in [3.05, 3.63) is 0 Å². The number of carbonyl (C=O) groups is 1. The molecule has 19 heavy (non-hydrogen) atoms. The Kier molecular flexibility index (Phi) is 7.38. The van der Waals surface area contributed by atoms with E-state index in [1.54, 1.807) is 0 Å². The first-order valence-corrected chi connectivity index (χ1v) is 7.27. The summed E-state index contributed by atoms with van der Waals surface area (Å²) in [4.78, 5) is 12.0. The third-order valence-electron chi connectivity index (χ3n) is 4.28.